The van der Waals surface area contributed by atoms with Crippen LogP contribution >= 0.6 is 0 Å². The maximum Gasteiger partial charge on any atom is 0.247 e. The van der Waals surface area contributed by atoms with Gasteiger partial charge in [0.05, 0.1) is 12.8 Å². The van der Waals surface area contributed by atoms with E-state index in [1.54, 1.807) is 13.2 Å². The van der Waals surface area contributed by atoms with Crippen molar-refractivity contribution in [1.82, 2.24) is 10.3 Å². The van der Waals surface area contributed by atoms with Crippen LogP contribution in [0.3, 0.4) is 0 Å². The van der Waals surface area contributed by atoms with Crippen molar-refractivity contribution in [2.45, 2.75) is 19.4 Å². The average Bonchev–Trinajstić information content (AvgIpc) is 3.38. The Kier molecular flexibility index (Phi) is 5.22. The molecular weight excluding hydrogens is 418 g/mol. The van der Waals surface area contributed by atoms with Crippen LogP contribution in [0.5, 0.6) is 5.75 Å². The van der Waals surface area contributed by atoms with Crippen LogP contribution < -0.4 is 15.4 Å². The van der Waals surface area contributed by atoms with Gasteiger partial charge in [0.2, 0.25) is 11.8 Å². The first kappa shape index (κ1) is 20.6. The zero-order valence-corrected chi connectivity index (χ0v) is 18.3. The second-order valence-corrected chi connectivity index (χ2v) is 7.95. The number of rotatable bonds is 6. The molecule has 5 rings (SSSR count). The summed E-state index contributed by atoms with van der Waals surface area (Å²) >= 11 is 0. The van der Waals surface area contributed by atoms with Crippen LogP contribution in [0, 0.1) is 0 Å². The van der Waals surface area contributed by atoms with Gasteiger partial charge in [-0.15, -0.1) is 0 Å². The molecule has 0 saturated heterocycles. The molecule has 0 spiro atoms. The number of methoxy groups -OCH3 is 1. The third kappa shape index (κ3) is 3.89. The topological polar surface area (TPSA) is 96.4 Å². The number of furan rings is 1. The van der Waals surface area contributed by atoms with Crippen LogP contribution in [0.4, 0.5) is 5.69 Å². The van der Waals surface area contributed by atoms with E-state index in [4.69, 9.17) is 9.15 Å². The maximum absolute atomic E-state index is 13.3. The minimum atomic E-state index is -0.766. The lowest BCUT2D eigenvalue weighted by atomic mass is 10.0. The molecule has 0 fully saturated rings. The molecule has 0 radical (unpaired) electrons. The van der Waals surface area contributed by atoms with Gasteiger partial charge >= 0.3 is 0 Å². The van der Waals surface area contributed by atoms with Crippen LogP contribution in [0.25, 0.3) is 32.8 Å². The van der Waals surface area contributed by atoms with Crippen LogP contribution in [0.1, 0.15) is 12.5 Å². The van der Waals surface area contributed by atoms with Crippen molar-refractivity contribution in [2.24, 2.45) is 0 Å². The first-order valence-electron chi connectivity index (χ1n) is 10.7. The van der Waals surface area contributed by atoms with E-state index < -0.39 is 6.04 Å². The van der Waals surface area contributed by atoms with Crippen molar-refractivity contribution in [3.05, 3.63) is 72.4 Å². The normalized spacial score (nSPS) is 12.2. The molecule has 7 nitrogen and oxygen atoms in total. The Bertz CT molecular complexity index is 1500. The van der Waals surface area contributed by atoms with Gasteiger partial charge in [-0.1, -0.05) is 36.4 Å². The summed E-state index contributed by atoms with van der Waals surface area (Å²) in [6.45, 7) is 1.40. The number of para-hydroxylation sites is 2. The first-order valence-corrected chi connectivity index (χ1v) is 10.7. The molecule has 166 valence electrons. The summed E-state index contributed by atoms with van der Waals surface area (Å²) < 4.78 is 11.5. The van der Waals surface area contributed by atoms with E-state index in [9.17, 15) is 9.59 Å². The summed E-state index contributed by atoms with van der Waals surface area (Å²) in [4.78, 5) is 28.3. The number of hydrogen-bond acceptors (Lipinski definition) is 4. The van der Waals surface area contributed by atoms with Crippen LogP contribution in [0.2, 0.25) is 0 Å². The highest BCUT2D eigenvalue weighted by Crippen LogP contribution is 2.36. The predicted octanol–water partition coefficient (Wildman–Crippen LogP) is 4.76. The van der Waals surface area contributed by atoms with Gasteiger partial charge in [-0.25, -0.2) is 0 Å². The van der Waals surface area contributed by atoms with Gasteiger partial charge in [-0.2, -0.15) is 0 Å². The number of carbonyl (C=O) groups excluding carboxylic acids is 2. The zero-order valence-electron chi connectivity index (χ0n) is 18.3. The number of carbonyl (C=O) groups is 2. The Morgan fingerprint density at radius 1 is 1.00 bits per heavy atom. The molecule has 2 heterocycles. The van der Waals surface area contributed by atoms with Gasteiger partial charge in [-0.3, -0.25) is 9.59 Å². The molecule has 7 heteroatoms. The summed E-state index contributed by atoms with van der Waals surface area (Å²) in [5.74, 6) is -0.116. The van der Waals surface area contributed by atoms with Gasteiger partial charge in [0.25, 0.3) is 0 Å². The van der Waals surface area contributed by atoms with E-state index in [0.29, 0.717) is 23.4 Å². The van der Waals surface area contributed by atoms with Crippen LogP contribution in [-0.4, -0.2) is 29.9 Å². The lowest BCUT2D eigenvalue weighted by Gasteiger charge is -2.18. The number of H-pyrrole nitrogens is 1. The molecule has 1 unspecified atom stereocenters. The SMILES string of the molecule is COc1cc2c(cc1NC(=O)C(Cc1c[nH]c3ccccc13)NC(C)=O)oc1ccccc12. The molecule has 0 aliphatic rings. The summed E-state index contributed by atoms with van der Waals surface area (Å²) in [6, 6.07) is 18.4. The summed E-state index contributed by atoms with van der Waals surface area (Å²) in [7, 11) is 1.55. The van der Waals surface area contributed by atoms with Gasteiger partial charge in [0.15, 0.2) is 0 Å². The van der Waals surface area contributed by atoms with Gasteiger partial charge in [0, 0.05) is 47.3 Å². The third-order valence-electron chi connectivity index (χ3n) is 5.75. The standard InChI is InChI=1S/C26H23N3O4/c1-15(30)28-22(11-16-14-27-20-9-5-3-7-17(16)20)26(31)29-21-13-24-19(12-25(21)32-2)18-8-4-6-10-23(18)33-24/h3-10,12-14,22,27H,11H2,1-2H3,(H,28,30)(H,29,31). The highest BCUT2D eigenvalue weighted by Gasteiger charge is 2.23. The van der Waals surface area contributed by atoms with Crippen LogP contribution in [-0.2, 0) is 16.0 Å². The van der Waals surface area contributed by atoms with Crippen molar-refractivity contribution < 1.29 is 18.7 Å². The maximum atomic E-state index is 13.3. The lowest BCUT2D eigenvalue weighted by molar-refractivity contribution is -0.125. The number of hydrogen-bond donors (Lipinski definition) is 3. The van der Waals surface area contributed by atoms with E-state index >= 15 is 0 Å². The number of aromatic nitrogens is 1. The van der Waals surface area contributed by atoms with Crippen LogP contribution in [0.15, 0.2) is 71.3 Å². The Balaban J connectivity index is 1.47. The molecule has 33 heavy (non-hydrogen) atoms. The number of ether oxygens (including phenoxy) is 1. The number of nitrogens with one attached hydrogen (secondary N) is 3. The molecule has 0 aliphatic carbocycles. The molecular formula is C26H23N3O4. The fourth-order valence-corrected chi connectivity index (χ4v) is 4.21. The largest absolute Gasteiger partial charge is 0.495 e. The molecule has 0 saturated carbocycles. The average molecular weight is 441 g/mol. The lowest BCUT2D eigenvalue weighted by Crippen LogP contribution is -2.44. The van der Waals surface area contributed by atoms with Crippen molar-refractivity contribution >= 4 is 50.3 Å². The molecule has 1 atom stereocenters. The zero-order chi connectivity index (χ0) is 22.9. The fourth-order valence-electron chi connectivity index (χ4n) is 4.21. The Morgan fingerprint density at radius 3 is 2.55 bits per heavy atom. The number of anilines is 1. The molecule has 2 aromatic heterocycles. The molecule has 5 aromatic rings. The summed E-state index contributed by atoms with van der Waals surface area (Å²) in [5.41, 5.74) is 3.79. The Hall–Kier alpha value is -4.26. The van der Waals surface area contributed by atoms with Gasteiger partial charge < -0.3 is 24.8 Å². The third-order valence-corrected chi connectivity index (χ3v) is 5.75. The minimum Gasteiger partial charge on any atom is -0.495 e. The number of benzene rings is 3. The Morgan fingerprint density at radius 2 is 1.76 bits per heavy atom. The van der Waals surface area contributed by atoms with Crippen molar-refractivity contribution in [3.63, 3.8) is 0 Å². The predicted molar refractivity (Wildman–Crippen MR) is 129 cm³/mol. The second-order valence-electron chi connectivity index (χ2n) is 7.95. The fraction of sp³-hybridized carbons (Fsp3) is 0.154. The van der Waals surface area contributed by atoms with Gasteiger partial charge in [0.1, 0.15) is 23.0 Å². The number of fused-ring (bicyclic) bond motifs is 4. The second kappa shape index (κ2) is 8.35. The van der Waals surface area contributed by atoms with Gasteiger partial charge in [-0.05, 0) is 23.8 Å². The highest BCUT2D eigenvalue weighted by atomic mass is 16.5. The molecule has 3 N–H and O–H groups in total. The molecule has 2 amide bonds. The van der Waals surface area contributed by atoms with Crippen molar-refractivity contribution in [1.29, 1.82) is 0 Å². The highest BCUT2D eigenvalue weighted by molar-refractivity contribution is 6.08. The first-order chi connectivity index (χ1) is 16.0. The summed E-state index contributed by atoms with van der Waals surface area (Å²) in [6.07, 6.45) is 2.21. The van der Waals surface area contributed by atoms with E-state index in [1.807, 2.05) is 60.8 Å². The molecule has 0 bridgehead atoms. The number of amides is 2. The number of aromatic amines is 1. The Labute approximate surface area is 189 Å². The van der Waals surface area contributed by atoms with Crippen molar-refractivity contribution in [2.75, 3.05) is 12.4 Å². The van der Waals surface area contributed by atoms with E-state index in [1.165, 1.54) is 6.92 Å². The van der Waals surface area contributed by atoms with E-state index in [2.05, 4.69) is 15.6 Å². The summed E-state index contributed by atoms with van der Waals surface area (Å²) in [5, 5.41) is 8.57. The van der Waals surface area contributed by atoms with E-state index in [-0.39, 0.29) is 11.8 Å². The monoisotopic (exact) mass is 441 g/mol. The smallest absolute Gasteiger partial charge is 0.247 e. The minimum absolute atomic E-state index is 0.283. The van der Waals surface area contributed by atoms with Crippen molar-refractivity contribution in [3.8, 4) is 5.75 Å². The quantitative estimate of drug-likeness (QED) is 0.354. The molecule has 3 aromatic carbocycles. The molecule has 0 aliphatic heterocycles. The van der Waals surface area contributed by atoms with E-state index in [0.717, 1.165) is 32.8 Å².